The average Bonchev–Trinajstić information content (AvgIpc) is 2.38. The lowest BCUT2D eigenvalue weighted by atomic mass is 10.0. The van der Waals surface area contributed by atoms with Gasteiger partial charge < -0.3 is 5.32 Å². The van der Waals surface area contributed by atoms with Crippen molar-refractivity contribution in [1.29, 1.82) is 0 Å². The topological polar surface area (TPSA) is 24.9 Å². The van der Waals surface area contributed by atoms with Crippen molar-refractivity contribution in [3.8, 4) is 11.1 Å². The van der Waals surface area contributed by atoms with Gasteiger partial charge in [-0.25, -0.2) is 0 Å². The van der Waals surface area contributed by atoms with Crippen LogP contribution in [0.15, 0.2) is 42.7 Å². The van der Waals surface area contributed by atoms with E-state index in [1.165, 1.54) is 6.20 Å². The van der Waals surface area contributed by atoms with Gasteiger partial charge in [0.15, 0.2) is 0 Å². The standard InChI is InChI=1S/C13H11F3N2/c1-17-10-4-2-3-9(7-10)11-8-18-6-5-12(11)13(14,15)16/h2-8,17H,1H3. The molecule has 0 bridgehead atoms. The Labute approximate surface area is 102 Å². The summed E-state index contributed by atoms with van der Waals surface area (Å²) in [6, 6.07) is 7.77. The summed E-state index contributed by atoms with van der Waals surface area (Å²) in [4.78, 5) is 3.77. The van der Waals surface area contributed by atoms with Crippen LogP contribution in [0.4, 0.5) is 18.9 Å². The highest BCUT2D eigenvalue weighted by molar-refractivity contribution is 5.70. The second-order valence-corrected chi connectivity index (χ2v) is 3.75. The van der Waals surface area contributed by atoms with Gasteiger partial charge in [-0.3, -0.25) is 4.98 Å². The van der Waals surface area contributed by atoms with Crippen LogP contribution in [0.2, 0.25) is 0 Å². The highest BCUT2D eigenvalue weighted by Crippen LogP contribution is 2.36. The number of pyridine rings is 1. The molecule has 0 saturated carbocycles. The first kappa shape index (κ1) is 12.4. The summed E-state index contributed by atoms with van der Waals surface area (Å²) in [5.41, 5.74) is 0.652. The third kappa shape index (κ3) is 2.45. The minimum absolute atomic E-state index is 0.0853. The van der Waals surface area contributed by atoms with E-state index >= 15 is 0 Å². The summed E-state index contributed by atoms with van der Waals surface area (Å²) in [5.74, 6) is 0. The van der Waals surface area contributed by atoms with Crippen molar-refractivity contribution in [2.24, 2.45) is 0 Å². The van der Waals surface area contributed by atoms with Crippen LogP contribution in [-0.2, 0) is 6.18 Å². The zero-order valence-corrected chi connectivity index (χ0v) is 9.62. The molecule has 2 nitrogen and oxygen atoms in total. The molecule has 1 aromatic carbocycles. The Morgan fingerprint density at radius 3 is 2.61 bits per heavy atom. The van der Waals surface area contributed by atoms with Crippen LogP contribution in [0.1, 0.15) is 5.56 Å². The Kier molecular flexibility index (Phi) is 3.23. The van der Waals surface area contributed by atoms with E-state index in [9.17, 15) is 13.2 Å². The second-order valence-electron chi connectivity index (χ2n) is 3.75. The number of aromatic nitrogens is 1. The molecule has 0 amide bonds. The molecule has 0 aliphatic rings. The van der Waals surface area contributed by atoms with Gasteiger partial charge in [0.2, 0.25) is 0 Å². The molecule has 0 atom stereocenters. The summed E-state index contributed by atoms with van der Waals surface area (Å²) in [5, 5.41) is 2.89. The molecule has 0 radical (unpaired) electrons. The monoisotopic (exact) mass is 252 g/mol. The normalized spacial score (nSPS) is 11.3. The number of anilines is 1. The van der Waals surface area contributed by atoms with Gasteiger partial charge in [-0.2, -0.15) is 13.2 Å². The van der Waals surface area contributed by atoms with Crippen LogP contribution in [0.25, 0.3) is 11.1 Å². The molecule has 0 spiro atoms. The molecule has 2 aromatic rings. The van der Waals surface area contributed by atoms with E-state index in [4.69, 9.17) is 0 Å². The van der Waals surface area contributed by atoms with Crippen molar-refractivity contribution in [1.82, 2.24) is 4.98 Å². The third-order valence-electron chi connectivity index (χ3n) is 2.59. The number of halogens is 3. The van der Waals surface area contributed by atoms with Crippen LogP contribution in [0, 0.1) is 0 Å². The van der Waals surface area contributed by atoms with Crippen molar-refractivity contribution >= 4 is 5.69 Å². The molecule has 2 rings (SSSR count). The fourth-order valence-electron chi connectivity index (χ4n) is 1.71. The number of alkyl halides is 3. The van der Waals surface area contributed by atoms with Crippen LogP contribution >= 0.6 is 0 Å². The maximum absolute atomic E-state index is 12.9. The summed E-state index contributed by atoms with van der Waals surface area (Å²) in [6.45, 7) is 0. The minimum Gasteiger partial charge on any atom is -0.388 e. The third-order valence-corrected chi connectivity index (χ3v) is 2.59. The van der Waals surface area contributed by atoms with Crippen molar-refractivity contribution in [2.75, 3.05) is 12.4 Å². The first-order valence-corrected chi connectivity index (χ1v) is 5.32. The van der Waals surface area contributed by atoms with Crippen LogP contribution in [0.3, 0.4) is 0 Å². The van der Waals surface area contributed by atoms with E-state index in [0.29, 0.717) is 5.56 Å². The molecule has 18 heavy (non-hydrogen) atoms. The van der Waals surface area contributed by atoms with Crippen LogP contribution in [0.5, 0.6) is 0 Å². The van der Waals surface area contributed by atoms with Gasteiger partial charge in [0.05, 0.1) is 5.56 Å². The predicted octanol–water partition coefficient (Wildman–Crippen LogP) is 3.81. The Balaban J connectivity index is 2.57. The van der Waals surface area contributed by atoms with Crippen molar-refractivity contribution < 1.29 is 13.2 Å². The summed E-state index contributed by atoms with van der Waals surface area (Å²) in [7, 11) is 1.72. The molecule has 0 saturated heterocycles. The van der Waals surface area contributed by atoms with Crippen molar-refractivity contribution in [2.45, 2.75) is 6.18 Å². The highest BCUT2D eigenvalue weighted by atomic mass is 19.4. The quantitative estimate of drug-likeness (QED) is 0.879. The largest absolute Gasteiger partial charge is 0.417 e. The van der Waals surface area contributed by atoms with Crippen LogP contribution < -0.4 is 5.32 Å². The molecule has 0 aliphatic heterocycles. The smallest absolute Gasteiger partial charge is 0.388 e. The van der Waals surface area contributed by atoms with Gasteiger partial charge in [-0.05, 0) is 23.8 Å². The second kappa shape index (κ2) is 4.68. The zero-order chi connectivity index (χ0) is 13.2. The molecule has 5 heteroatoms. The van der Waals surface area contributed by atoms with Gasteiger partial charge in [-0.15, -0.1) is 0 Å². The lowest BCUT2D eigenvalue weighted by Crippen LogP contribution is -2.07. The fraction of sp³-hybridized carbons (Fsp3) is 0.154. The van der Waals surface area contributed by atoms with Gasteiger partial charge in [0.25, 0.3) is 0 Å². The Morgan fingerprint density at radius 2 is 1.94 bits per heavy atom. The Hall–Kier alpha value is -2.04. The Bertz CT molecular complexity index is 550. The van der Waals surface area contributed by atoms with E-state index in [1.807, 2.05) is 0 Å². The first-order chi connectivity index (χ1) is 8.52. The molecular weight excluding hydrogens is 241 g/mol. The summed E-state index contributed by atoms with van der Waals surface area (Å²) in [6.07, 6.45) is -2.00. The molecular formula is C13H11F3N2. The van der Waals surface area contributed by atoms with E-state index in [1.54, 1.807) is 31.3 Å². The van der Waals surface area contributed by atoms with Gasteiger partial charge in [0, 0.05) is 30.7 Å². The maximum Gasteiger partial charge on any atom is 0.417 e. The molecule has 94 valence electrons. The van der Waals surface area contributed by atoms with E-state index in [2.05, 4.69) is 10.3 Å². The zero-order valence-electron chi connectivity index (χ0n) is 9.62. The molecule has 1 N–H and O–H groups in total. The lowest BCUT2D eigenvalue weighted by molar-refractivity contribution is -0.137. The van der Waals surface area contributed by atoms with Gasteiger partial charge in [0.1, 0.15) is 0 Å². The Morgan fingerprint density at radius 1 is 1.17 bits per heavy atom. The van der Waals surface area contributed by atoms with Crippen LogP contribution in [-0.4, -0.2) is 12.0 Å². The van der Waals surface area contributed by atoms with Gasteiger partial charge in [-0.1, -0.05) is 12.1 Å². The molecule has 1 heterocycles. The SMILES string of the molecule is CNc1cccc(-c2cnccc2C(F)(F)F)c1. The number of nitrogens with zero attached hydrogens (tertiary/aromatic N) is 1. The average molecular weight is 252 g/mol. The summed E-state index contributed by atoms with van der Waals surface area (Å²) < 4.78 is 38.6. The highest BCUT2D eigenvalue weighted by Gasteiger charge is 2.33. The fourth-order valence-corrected chi connectivity index (χ4v) is 1.71. The number of nitrogens with one attached hydrogen (secondary N) is 1. The number of hydrogen-bond acceptors (Lipinski definition) is 2. The maximum atomic E-state index is 12.9. The minimum atomic E-state index is -4.38. The molecule has 0 aliphatic carbocycles. The molecule has 1 aromatic heterocycles. The predicted molar refractivity (Wildman–Crippen MR) is 64.2 cm³/mol. The number of rotatable bonds is 2. The first-order valence-electron chi connectivity index (χ1n) is 5.32. The van der Waals surface area contributed by atoms with Gasteiger partial charge >= 0.3 is 6.18 Å². The molecule has 0 unspecified atom stereocenters. The number of hydrogen-bond donors (Lipinski definition) is 1. The molecule has 0 fully saturated rings. The lowest BCUT2D eigenvalue weighted by Gasteiger charge is -2.12. The van der Waals surface area contributed by atoms with E-state index < -0.39 is 11.7 Å². The summed E-state index contributed by atoms with van der Waals surface area (Å²) >= 11 is 0. The number of benzene rings is 1. The van der Waals surface area contributed by atoms with E-state index in [-0.39, 0.29) is 5.56 Å². The van der Waals surface area contributed by atoms with E-state index in [0.717, 1.165) is 18.0 Å². The van der Waals surface area contributed by atoms with Crippen molar-refractivity contribution in [3.05, 3.63) is 48.3 Å². The van der Waals surface area contributed by atoms with Crippen molar-refractivity contribution in [3.63, 3.8) is 0 Å².